The number of benzene rings is 2. The summed E-state index contributed by atoms with van der Waals surface area (Å²) in [6, 6.07) is 14.8. The van der Waals surface area contributed by atoms with Crippen molar-refractivity contribution in [3.63, 3.8) is 0 Å². The van der Waals surface area contributed by atoms with E-state index in [1.807, 2.05) is 42.5 Å². The van der Waals surface area contributed by atoms with Gasteiger partial charge in [-0.1, -0.05) is 30.3 Å². The second kappa shape index (κ2) is 4.87. The lowest BCUT2D eigenvalue weighted by atomic mass is 9.90. The van der Waals surface area contributed by atoms with Crippen LogP contribution in [-0.2, 0) is 0 Å². The summed E-state index contributed by atoms with van der Waals surface area (Å²) in [5.41, 5.74) is 8.70. The third-order valence-corrected chi connectivity index (χ3v) is 3.47. The first-order valence-corrected chi connectivity index (χ1v) is 6.34. The standard InChI is InChI=1S/C16H14N2O2/c1-19-13-7-4-8-14-15(13)10-5-2-3-6-11(10)16(20-14)12(18)9-17/h2-8,12,16H,18H2,1H3. The van der Waals surface area contributed by atoms with Crippen molar-refractivity contribution < 1.29 is 9.47 Å². The smallest absolute Gasteiger partial charge is 0.153 e. The van der Waals surface area contributed by atoms with Crippen LogP contribution in [0.3, 0.4) is 0 Å². The molecule has 0 fully saturated rings. The van der Waals surface area contributed by atoms with Gasteiger partial charge in [0.05, 0.1) is 18.7 Å². The normalized spacial score (nSPS) is 17.1. The summed E-state index contributed by atoms with van der Waals surface area (Å²) in [5, 5.41) is 9.08. The van der Waals surface area contributed by atoms with E-state index in [-0.39, 0.29) is 0 Å². The topological polar surface area (TPSA) is 68.3 Å². The summed E-state index contributed by atoms with van der Waals surface area (Å²) < 4.78 is 11.3. The zero-order valence-electron chi connectivity index (χ0n) is 11.0. The Morgan fingerprint density at radius 3 is 2.80 bits per heavy atom. The highest BCUT2D eigenvalue weighted by atomic mass is 16.5. The summed E-state index contributed by atoms with van der Waals surface area (Å²) in [4.78, 5) is 0. The molecule has 4 nitrogen and oxygen atoms in total. The maximum atomic E-state index is 9.08. The Kier molecular flexibility index (Phi) is 3.05. The van der Waals surface area contributed by atoms with E-state index >= 15 is 0 Å². The molecule has 2 aromatic carbocycles. The largest absolute Gasteiger partial charge is 0.496 e. The maximum absolute atomic E-state index is 9.08. The first kappa shape index (κ1) is 12.5. The number of hydrogen-bond acceptors (Lipinski definition) is 4. The number of nitrogens with zero attached hydrogens (tertiary/aromatic N) is 1. The molecule has 1 aliphatic heterocycles. The van der Waals surface area contributed by atoms with Crippen LogP contribution in [0.4, 0.5) is 0 Å². The molecule has 4 heteroatoms. The first-order valence-electron chi connectivity index (χ1n) is 6.34. The Balaban J connectivity index is 2.24. The molecule has 0 amide bonds. The number of fused-ring (bicyclic) bond motifs is 3. The highest BCUT2D eigenvalue weighted by Gasteiger charge is 2.31. The van der Waals surface area contributed by atoms with Gasteiger partial charge >= 0.3 is 0 Å². The van der Waals surface area contributed by atoms with Crippen LogP contribution in [0.25, 0.3) is 11.1 Å². The lowest BCUT2D eigenvalue weighted by molar-refractivity contribution is 0.189. The minimum absolute atomic E-state index is 0.462. The first-order chi connectivity index (χ1) is 9.76. The van der Waals surface area contributed by atoms with Crippen molar-refractivity contribution in [2.24, 2.45) is 5.73 Å². The summed E-state index contributed by atoms with van der Waals surface area (Å²) in [6.45, 7) is 0. The molecule has 0 saturated heterocycles. The number of nitriles is 1. The number of ether oxygens (including phenoxy) is 2. The average molecular weight is 266 g/mol. The zero-order chi connectivity index (χ0) is 14.1. The number of hydrogen-bond donors (Lipinski definition) is 1. The predicted molar refractivity (Wildman–Crippen MR) is 75.4 cm³/mol. The molecule has 0 spiro atoms. The van der Waals surface area contributed by atoms with Crippen LogP contribution in [0.5, 0.6) is 11.5 Å². The molecule has 0 bridgehead atoms. The summed E-state index contributed by atoms with van der Waals surface area (Å²) in [7, 11) is 1.63. The van der Waals surface area contributed by atoms with Crippen LogP contribution >= 0.6 is 0 Å². The van der Waals surface area contributed by atoms with Crippen molar-refractivity contribution in [3.05, 3.63) is 48.0 Å². The van der Waals surface area contributed by atoms with Crippen molar-refractivity contribution >= 4 is 0 Å². The molecular formula is C16H14N2O2. The lowest BCUT2D eigenvalue weighted by Crippen LogP contribution is -2.32. The zero-order valence-corrected chi connectivity index (χ0v) is 11.0. The highest BCUT2D eigenvalue weighted by molar-refractivity contribution is 5.81. The molecule has 0 aliphatic carbocycles. The van der Waals surface area contributed by atoms with E-state index < -0.39 is 12.1 Å². The van der Waals surface area contributed by atoms with Crippen LogP contribution < -0.4 is 15.2 Å². The van der Waals surface area contributed by atoms with Gasteiger partial charge in [0.1, 0.15) is 17.5 Å². The van der Waals surface area contributed by atoms with Crippen molar-refractivity contribution in [2.75, 3.05) is 7.11 Å². The molecule has 3 rings (SSSR count). The van der Waals surface area contributed by atoms with Crippen LogP contribution in [0.15, 0.2) is 42.5 Å². The van der Waals surface area contributed by atoms with Gasteiger partial charge in [-0.25, -0.2) is 0 Å². The van der Waals surface area contributed by atoms with Gasteiger partial charge in [-0.05, 0) is 17.7 Å². The van der Waals surface area contributed by atoms with E-state index in [0.717, 1.165) is 22.4 Å². The monoisotopic (exact) mass is 266 g/mol. The third kappa shape index (κ3) is 1.80. The summed E-state index contributed by atoms with van der Waals surface area (Å²) in [5.74, 6) is 1.44. The molecule has 0 radical (unpaired) electrons. The molecule has 0 saturated carbocycles. The minimum Gasteiger partial charge on any atom is -0.496 e. The molecule has 1 aliphatic rings. The van der Waals surface area contributed by atoms with Gasteiger partial charge in [0.2, 0.25) is 0 Å². The molecule has 100 valence electrons. The lowest BCUT2D eigenvalue weighted by Gasteiger charge is -2.30. The Morgan fingerprint density at radius 2 is 2.05 bits per heavy atom. The van der Waals surface area contributed by atoms with E-state index in [2.05, 4.69) is 6.07 Å². The number of methoxy groups -OCH3 is 1. The summed E-state index contributed by atoms with van der Waals surface area (Å²) >= 11 is 0. The van der Waals surface area contributed by atoms with Gasteiger partial charge < -0.3 is 15.2 Å². The van der Waals surface area contributed by atoms with Gasteiger partial charge in [-0.15, -0.1) is 0 Å². The Morgan fingerprint density at radius 1 is 1.25 bits per heavy atom. The number of nitrogens with two attached hydrogens (primary N) is 1. The van der Waals surface area contributed by atoms with Crippen LogP contribution in [0.1, 0.15) is 11.7 Å². The highest BCUT2D eigenvalue weighted by Crippen LogP contribution is 2.47. The molecule has 0 aromatic heterocycles. The second-order valence-electron chi connectivity index (χ2n) is 4.61. The maximum Gasteiger partial charge on any atom is 0.153 e. The predicted octanol–water partition coefficient (Wildman–Crippen LogP) is 2.65. The van der Waals surface area contributed by atoms with E-state index in [9.17, 15) is 0 Å². The molecule has 2 atom stereocenters. The molecule has 2 aromatic rings. The quantitative estimate of drug-likeness (QED) is 0.907. The molecule has 2 unspecified atom stereocenters. The fourth-order valence-corrected chi connectivity index (χ4v) is 2.55. The van der Waals surface area contributed by atoms with Gasteiger partial charge in [-0.2, -0.15) is 5.26 Å². The Bertz CT molecular complexity index is 691. The molecule has 1 heterocycles. The van der Waals surface area contributed by atoms with Gasteiger partial charge in [-0.3, -0.25) is 0 Å². The molecule has 2 N–H and O–H groups in total. The fourth-order valence-electron chi connectivity index (χ4n) is 2.55. The van der Waals surface area contributed by atoms with E-state index in [4.69, 9.17) is 20.5 Å². The Labute approximate surface area is 117 Å². The SMILES string of the molecule is COc1cccc2c1-c1ccccc1C(C(N)C#N)O2. The van der Waals surface area contributed by atoms with Crippen LogP contribution in [-0.4, -0.2) is 13.2 Å². The van der Waals surface area contributed by atoms with Crippen molar-refractivity contribution in [3.8, 4) is 28.7 Å². The van der Waals surface area contributed by atoms with E-state index in [1.54, 1.807) is 7.11 Å². The van der Waals surface area contributed by atoms with Gasteiger partial charge in [0, 0.05) is 5.56 Å². The van der Waals surface area contributed by atoms with E-state index in [0.29, 0.717) is 5.75 Å². The average Bonchev–Trinajstić information content (AvgIpc) is 2.52. The van der Waals surface area contributed by atoms with E-state index in [1.165, 1.54) is 0 Å². The summed E-state index contributed by atoms with van der Waals surface area (Å²) in [6.07, 6.45) is -0.462. The van der Waals surface area contributed by atoms with Gasteiger partial charge in [0.25, 0.3) is 0 Å². The van der Waals surface area contributed by atoms with Gasteiger partial charge in [0.15, 0.2) is 6.10 Å². The van der Waals surface area contributed by atoms with Crippen LogP contribution in [0.2, 0.25) is 0 Å². The third-order valence-electron chi connectivity index (χ3n) is 3.47. The van der Waals surface area contributed by atoms with Crippen molar-refractivity contribution in [2.45, 2.75) is 12.1 Å². The fraction of sp³-hybridized carbons (Fsp3) is 0.188. The van der Waals surface area contributed by atoms with Crippen molar-refractivity contribution in [1.82, 2.24) is 0 Å². The minimum atomic E-state index is -0.712. The Hall–Kier alpha value is -2.51. The second-order valence-corrected chi connectivity index (χ2v) is 4.61. The molecular weight excluding hydrogens is 252 g/mol. The molecule has 20 heavy (non-hydrogen) atoms. The van der Waals surface area contributed by atoms with Crippen molar-refractivity contribution in [1.29, 1.82) is 5.26 Å². The van der Waals surface area contributed by atoms with Crippen LogP contribution in [0, 0.1) is 11.3 Å². The number of rotatable bonds is 2.